The van der Waals surface area contributed by atoms with E-state index in [0.717, 1.165) is 19.4 Å². The number of hydrogen-bond acceptors (Lipinski definition) is 5. The van der Waals surface area contributed by atoms with Crippen LogP contribution in [0.2, 0.25) is 0 Å². The SMILES string of the molecule is COc1cc(C(C)NCC2(CO)CC2)sn1. The van der Waals surface area contributed by atoms with Crippen LogP contribution >= 0.6 is 11.5 Å². The molecule has 0 amide bonds. The van der Waals surface area contributed by atoms with Crippen molar-refractivity contribution in [1.82, 2.24) is 9.69 Å². The maximum Gasteiger partial charge on any atom is 0.225 e. The van der Waals surface area contributed by atoms with Gasteiger partial charge in [-0.05, 0) is 31.3 Å². The Kier molecular flexibility index (Phi) is 3.47. The highest BCUT2D eigenvalue weighted by Crippen LogP contribution is 2.44. The van der Waals surface area contributed by atoms with E-state index in [1.54, 1.807) is 7.11 Å². The van der Waals surface area contributed by atoms with E-state index < -0.39 is 0 Å². The predicted molar refractivity (Wildman–Crippen MR) is 63.8 cm³/mol. The highest BCUT2D eigenvalue weighted by Gasteiger charge is 2.41. The Bertz CT molecular complexity index is 350. The average molecular weight is 242 g/mol. The molecule has 0 spiro atoms. The largest absolute Gasteiger partial charge is 0.480 e. The van der Waals surface area contributed by atoms with E-state index in [9.17, 15) is 5.11 Å². The van der Waals surface area contributed by atoms with Gasteiger partial charge in [0.2, 0.25) is 5.88 Å². The third-order valence-electron chi connectivity index (χ3n) is 3.22. The van der Waals surface area contributed by atoms with Gasteiger partial charge in [-0.25, -0.2) is 0 Å². The maximum absolute atomic E-state index is 9.21. The molecule has 1 atom stereocenters. The van der Waals surface area contributed by atoms with Crippen molar-refractivity contribution in [2.75, 3.05) is 20.3 Å². The quantitative estimate of drug-likeness (QED) is 0.795. The lowest BCUT2D eigenvalue weighted by Gasteiger charge is -2.16. The molecule has 5 heteroatoms. The number of methoxy groups -OCH3 is 1. The molecule has 1 fully saturated rings. The molecule has 0 aromatic carbocycles. The van der Waals surface area contributed by atoms with Crippen molar-refractivity contribution in [2.45, 2.75) is 25.8 Å². The Balaban J connectivity index is 1.85. The fraction of sp³-hybridized carbons (Fsp3) is 0.727. The molecule has 16 heavy (non-hydrogen) atoms. The van der Waals surface area contributed by atoms with Gasteiger partial charge in [0.15, 0.2) is 0 Å². The van der Waals surface area contributed by atoms with Crippen LogP contribution < -0.4 is 10.1 Å². The molecule has 1 aromatic heterocycles. The van der Waals surface area contributed by atoms with E-state index in [-0.39, 0.29) is 11.5 Å². The highest BCUT2D eigenvalue weighted by atomic mass is 32.1. The van der Waals surface area contributed by atoms with Crippen molar-refractivity contribution in [3.8, 4) is 5.88 Å². The van der Waals surface area contributed by atoms with Gasteiger partial charge < -0.3 is 15.2 Å². The van der Waals surface area contributed by atoms with Crippen molar-refractivity contribution in [3.63, 3.8) is 0 Å². The number of nitrogens with one attached hydrogen (secondary N) is 1. The average Bonchev–Trinajstić information content (AvgIpc) is 2.94. The molecule has 1 aromatic rings. The van der Waals surface area contributed by atoms with Crippen LogP contribution in [0.15, 0.2) is 6.07 Å². The minimum atomic E-state index is 0.156. The van der Waals surface area contributed by atoms with Crippen molar-refractivity contribution < 1.29 is 9.84 Å². The number of aliphatic hydroxyl groups excluding tert-OH is 1. The van der Waals surface area contributed by atoms with Crippen LogP contribution in [-0.2, 0) is 0 Å². The normalized spacial score (nSPS) is 19.4. The van der Waals surface area contributed by atoms with Gasteiger partial charge in [0, 0.05) is 35.6 Å². The highest BCUT2D eigenvalue weighted by molar-refractivity contribution is 7.06. The first-order valence-electron chi connectivity index (χ1n) is 5.54. The molecule has 1 heterocycles. The Labute approximate surface area is 99.8 Å². The summed E-state index contributed by atoms with van der Waals surface area (Å²) in [6, 6.07) is 2.23. The minimum absolute atomic E-state index is 0.156. The molecule has 1 unspecified atom stereocenters. The van der Waals surface area contributed by atoms with Gasteiger partial charge in [0.1, 0.15) is 0 Å². The topological polar surface area (TPSA) is 54.4 Å². The summed E-state index contributed by atoms with van der Waals surface area (Å²) >= 11 is 1.46. The standard InChI is InChI=1S/C11H18N2O2S/c1-8(9-5-10(15-2)13-16-9)12-6-11(7-14)3-4-11/h5,8,12,14H,3-4,6-7H2,1-2H3. The third-order valence-corrected chi connectivity index (χ3v) is 4.17. The van der Waals surface area contributed by atoms with Crippen LogP contribution in [0.25, 0.3) is 0 Å². The second-order valence-corrected chi connectivity index (χ2v) is 5.37. The fourth-order valence-electron chi connectivity index (χ4n) is 1.61. The van der Waals surface area contributed by atoms with Gasteiger partial charge in [-0.3, -0.25) is 0 Å². The Morgan fingerprint density at radius 1 is 1.69 bits per heavy atom. The van der Waals surface area contributed by atoms with Crippen LogP contribution in [0.5, 0.6) is 5.88 Å². The van der Waals surface area contributed by atoms with Gasteiger partial charge in [0.25, 0.3) is 0 Å². The summed E-state index contributed by atoms with van der Waals surface area (Å²) in [5.41, 5.74) is 0.156. The maximum atomic E-state index is 9.21. The second-order valence-electron chi connectivity index (χ2n) is 4.53. The van der Waals surface area contributed by atoms with Crippen LogP contribution in [0, 0.1) is 5.41 Å². The lowest BCUT2D eigenvalue weighted by atomic mass is 10.1. The molecule has 4 nitrogen and oxygen atoms in total. The van der Waals surface area contributed by atoms with E-state index in [0.29, 0.717) is 12.5 Å². The van der Waals surface area contributed by atoms with Crippen LogP contribution in [0.4, 0.5) is 0 Å². The minimum Gasteiger partial charge on any atom is -0.480 e. The number of nitrogens with zero attached hydrogens (tertiary/aromatic N) is 1. The molecular weight excluding hydrogens is 224 g/mol. The van der Waals surface area contributed by atoms with E-state index >= 15 is 0 Å². The Hall–Kier alpha value is -0.650. The van der Waals surface area contributed by atoms with E-state index in [2.05, 4.69) is 16.6 Å². The number of hydrogen-bond donors (Lipinski definition) is 2. The summed E-state index contributed by atoms with van der Waals surface area (Å²) in [5.74, 6) is 0.678. The number of ether oxygens (including phenoxy) is 1. The van der Waals surface area contributed by atoms with Gasteiger partial charge in [-0.15, -0.1) is 0 Å². The molecule has 0 saturated heterocycles. The predicted octanol–water partition coefficient (Wildman–Crippen LogP) is 1.57. The van der Waals surface area contributed by atoms with Crippen LogP contribution in [-0.4, -0.2) is 29.7 Å². The molecule has 1 saturated carbocycles. The van der Waals surface area contributed by atoms with E-state index in [1.807, 2.05) is 6.07 Å². The van der Waals surface area contributed by atoms with Crippen molar-refractivity contribution in [1.29, 1.82) is 0 Å². The van der Waals surface area contributed by atoms with Gasteiger partial charge in [-0.2, -0.15) is 4.37 Å². The molecule has 90 valence electrons. The number of rotatable bonds is 6. The third kappa shape index (κ3) is 2.53. The van der Waals surface area contributed by atoms with Crippen molar-refractivity contribution in [2.24, 2.45) is 5.41 Å². The van der Waals surface area contributed by atoms with Gasteiger partial charge in [0.05, 0.1) is 7.11 Å². The molecule has 0 aliphatic heterocycles. The summed E-state index contributed by atoms with van der Waals surface area (Å²) in [4.78, 5) is 1.17. The molecule has 2 rings (SSSR count). The first kappa shape index (κ1) is 11.8. The van der Waals surface area contributed by atoms with E-state index in [4.69, 9.17) is 4.74 Å². The zero-order valence-electron chi connectivity index (χ0n) is 9.69. The monoisotopic (exact) mass is 242 g/mol. The molecule has 0 radical (unpaired) electrons. The van der Waals surface area contributed by atoms with Crippen LogP contribution in [0.1, 0.15) is 30.7 Å². The summed E-state index contributed by atoms with van der Waals surface area (Å²) in [6.45, 7) is 3.28. The Morgan fingerprint density at radius 3 is 2.94 bits per heavy atom. The number of aliphatic hydroxyl groups is 1. The van der Waals surface area contributed by atoms with Crippen molar-refractivity contribution >= 4 is 11.5 Å². The molecular formula is C11H18N2O2S. The lowest BCUT2D eigenvalue weighted by Crippen LogP contribution is -2.28. The second kappa shape index (κ2) is 4.69. The summed E-state index contributed by atoms with van der Waals surface area (Å²) in [6.07, 6.45) is 2.27. The lowest BCUT2D eigenvalue weighted by molar-refractivity contribution is 0.205. The first-order valence-corrected chi connectivity index (χ1v) is 6.31. The number of aromatic nitrogens is 1. The summed E-state index contributed by atoms with van der Waals surface area (Å²) < 4.78 is 9.22. The van der Waals surface area contributed by atoms with E-state index in [1.165, 1.54) is 16.4 Å². The molecule has 1 aliphatic carbocycles. The fourth-order valence-corrected chi connectivity index (χ4v) is 2.33. The molecule has 2 N–H and O–H groups in total. The smallest absolute Gasteiger partial charge is 0.225 e. The summed E-state index contributed by atoms with van der Waals surface area (Å²) in [5, 5.41) is 12.7. The molecule has 0 bridgehead atoms. The zero-order chi connectivity index (χ0) is 11.6. The van der Waals surface area contributed by atoms with Gasteiger partial charge in [-0.1, -0.05) is 0 Å². The summed E-state index contributed by atoms with van der Waals surface area (Å²) in [7, 11) is 1.63. The molecule has 1 aliphatic rings. The van der Waals surface area contributed by atoms with Crippen LogP contribution in [0.3, 0.4) is 0 Å². The first-order chi connectivity index (χ1) is 7.69. The van der Waals surface area contributed by atoms with Gasteiger partial charge >= 0.3 is 0 Å². The van der Waals surface area contributed by atoms with Crippen molar-refractivity contribution in [3.05, 3.63) is 10.9 Å². The zero-order valence-corrected chi connectivity index (χ0v) is 10.5. The Morgan fingerprint density at radius 2 is 2.44 bits per heavy atom.